The van der Waals surface area contributed by atoms with Gasteiger partial charge in [0.1, 0.15) is 11.5 Å². The Balaban J connectivity index is 3.53. The average Bonchev–Trinajstić information content (AvgIpc) is 2.32. The highest BCUT2D eigenvalue weighted by Crippen LogP contribution is 2.41. The van der Waals surface area contributed by atoms with Gasteiger partial charge in [-0.1, -0.05) is 0 Å². The first-order valence-corrected chi connectivity index (χ1v) is 5.19. The summed E-state index contributed by atoms with van der Waals surface area (Å²) in [6, 6.07) is 1.29. The van der Waals surface area contributed by atoms with Gasteiger partial charge in [0, 0.05) is 0 Å². The molecule has 0 atom stereocenters. The number of hydrogen-bond donors (Lipinski definition) is 1. The SMILES string of the molecule is COc1cc(C(F)(F)CN)c(OC)c(C)c1C. The van der Waals surface area contributed by atoms with E-state index in [4.69, 9.17) is 15.2 Å². The average molecular weight is 245 g/mol. The van der Waals surface area contributed by atoms with Crippen LogP contribution in [-0.4, -0.2) is 20.8 Å². The summed E-state index contributed by atoms with van der Waals surface area (Å²) in [4.78, 5) is 0. The molecule has 0 aliphatic carbocycles. The molecule has 1 rings (SSSR count). The van der Waals surface area contributed by atoms with Crippen molar-refractivity contribution in [2.45, 2.75) is 19.8 Å². The predicted octanol–water partition coefficient (Wildman–Crippen LogP) is 2.37. The van der Waals surface area contributed by atoms with Crippen molar-refractivity contribution in [3.05, 3.63) is 22.8 Å². The Morgan fingerprint density at radius 1 is 1.18 bits per heavy atom. The molecule has 0 bridgehead atoms. The molecular formula is C12H17F2NO2. The molecule has 0 aliphatic heterocycles. The molecule has 0 aromatic heterocycles. The van der Waals surface area contributed by atoms with Crippen LogP contribution in [0, 0.1) is 13.8 Å². The molecule has 0 spiro atoms. The van der Waals surface area contributed by atoms with Crippen molar-refractivity contribution in [2.24, 2.45) is 5.73 Å². The van der Waals surface area contributed by atoms with Gasteiger partial charge in [-0.15, -0.1) is 0 Å². The van der Waals surface area contributed by atoms with E-state index in [-0.39, 0.29) is 11.3 Å². The molecule has 0 amide bonds. The van der Waals surface area contributed by atoms with Crippen molar-refractivity contribution in [3.8, 4) is 11.5 Å². The lowest BCUT2D eigenvalue weighted by Gasteiger charge is -2.21. The number of rotatable bonds is 4. The summed E-state index contributed by atoms with van der Waals surface area (Å²) in [5.74, 6) is -2.55. The second-order valence-corrected chi connectivity index (χ2v) is 3.82. The first-order valence-electron chi connectivity index (χ1n) is 5.19. The maximum atomic E-state index is 13.7. The number of nitrogens with two attached hydrogens (primary N) is 1. The summed E-state index contributed by atoms with van der Waals surface area (Å²) in [7, 11) is 2.81. The van der Waals surface area contributed by atoms with E-state index in [1.807, 2.05) is 0 Å². The van der Waals surface area contributed by atoms with Crippen LogP contribution in [-0.2, 0) is 5.92 Å². The highest BCUT2D eigenvalue weighted by molar-refractivity contribution is 5.54. The summed E-state index contributed by atoms with van der Waals surface area (Å²) in [6.07, 6.45) is 0. The largest absolute Gasteiger partial charge is 0.496 e. The Labute approximate surface area is 99.5 Å². The van der Waals surface area contributed by atoms with Crippen molar-refractivity contribution < 1.29 is 18.3 Å². The van der Waals surface area contributed by atoms with E-state index >= 15 is 0 Å². The molecule has 0 fully saturated rings. The van der Waals surface area contributed by atoms with Crippen LogP contribution in [0.4, 0.5) is 8.78 Å². The zero-order valence-electron chi connectivity index (χ0n) is 10.4. The molecule has 1 aromatic carbocycles. The molecule has 1 aromatic rings. The van der Waals surface area contributed by atoms with Crippen molar-refractivity contribution in [1.82, 2.24) is 0 Å². The predicted molar refractivity (Wildman–Crippen MR) is 62.0 cm³/mol. The minimum atomic E-state index is -3.13. The minimum Gasteiger partial charge on any atom is -0.496 e. The summed E-state index contributed by atoms with van der Waals surface area (Å²) in [6.45, 7) is 2.74. The van der Waals surface area contributed by atoms with E-state index in [0.717, 1.165) is 5.56 Å². The van der Waals surface area contributed by atoms with Crippen LogP contribution < -0.4 is 15.2 Å². The van der Waals surface area contributed by atoms with Gasteiger partial charge in [-0.3, -0.25) is 0 Å². The quantitative estimate of drug-likeness (QED) is 0.885. The third-order valence-corrected chi connectivity index (χ3v) is 2.87. The number of hydrogen-bond acceptors (Lipinski definition) is 3. The van der Waals surface area contributed by atoms with E-state index < -0.39 is 12.5 Å². The second-order valence-electron chi connectivity index (χ2n) is 3.82. The molecule has 5 heteroatoms. The van der Waals surface area contributed by atoms with Crippen LogP contribution in [0.3, 0.4) is 0 Å². The fourth-order valence-electron chi connectivity index (χ4n) is 1.72. The molecule has 0 aliphatic rings. The Hall–Kier alpha value is -1.36. The monoisotopic (exact) mass is 245 g/mol. The highest BCUT2D eigenvalue weighted by Gasteiger charge is 2.35. The van der Waals surface area contributed by atoms with Crippen LogP contribution in [0.15, 0.2) is 6.07 Å². The van der Waals surface area contributed by atoms with Gasteiger partial charge in [-0.05, 0) is 31.0 Å². The maximum Gasteiger partial charge on any atom is 0.288 e. The van der Waals surface area contributed by atoms with Crippen LogP contribution >= 0.6 is 0 Å². The molecule has 3 nitrogen and oxygen atoms in total. The molecule has 0 radical (unpaired) electrons. The highest BCUT2D eigenvalue weighted by atomic mass is 19.3. The topological polar surface area (TPSA) is 44.5 Å². The molecule has 0 heterocycles. The normalized spacial score (nSPS) is 11.5. The Morgan fingerprint density at radius 3 is 2.18 bits per heavy atom. The summed E-state index contributed by atoms with van der Waals surface area (Å²) >= 11 is 0. The summed E-state index contributed by atoms with van der Waals surface area (Å²) < 4.78 is 37.5. The number of alkyl halides is 2. The Bertz CT molecular complexity index is 419. The van der Waals surface area contributed by atoms with Gasteiger partial charge in [0.15, 0.2) is 0 Å². The fourth-order valence-corrected chi connectivity index (χ4v) is 1.72. The summed E-state index contributed by atoms with van der Waals surface area (Å²) in [5, 5.41) is 0. The van der Waals surface area contributed by atoms with Gasteiger partial charge in [0.25, 0.3) is 5.92 Å². The lowest BCUT2D eigenvalue weighted by atomic mass is 9.99. The van der Waals surface area contributed by atoms with Gasteiger partial charge in [0.05, 0.1) is 26.3 Å². The van der Waals surface area contributed by atoms with Crippen molar-refractivity contribution in [2.75, 3.05) is 20.8 Å². The smallest absolute Gasteiger partial charge is 0.288 e. The molecule has 0 saturated heterocycles. The molecule has 17 heavy (non-hydrogen) atoms. The zero-order valence-corrected chi connectivity index (χ0v) is 10.4. The zero-order chi connectivity index (χ0) is 13.2. The third kappa shape index (κ3) is 2.34. The molecule has 0 saturated carbocycles. The fraction of sp³-hybridized carbons (Fsp3) is 0.500. The van der Waals surface area contributed by atoms with E-state index in [0.29, 0.717) is 11.3 Å². The standard InChI is InChI=1S/C12H17F2NO2/c1-7-8(2)11(17-4)9(5-10(7)16-3)12(13,14)6-15/h5H,6,15H2,1-4H3. The molecule has 0 unspecified atom stereocenters. The van der Waals surface area contributed by atoms with Crippen LogP contribution in [0.5, 0.6) is 11.5 Å². The Morgan fingerprint density at radius 2 is 1.76 bits per heavy atom. The maximum absolute atomic E-state index is 13.7. The van der Waals surface area contributed by atoms with Gasteiger partial charge in [-0.25, -0.2) is 0 Å². The summed E-state index contributed by atoms with van der Waals surface area (Å²) in [5.41, 5.74) is 6.27. The van der Waals surface area contributed by atoms with Gasteiger partial charge < -0.3 is 15.2 Å². The van der Waals surface area contributed by atoms with Crippen LogP contribution in [0.2, 0.25) is 0 Å². The first-order chi connectivity index (χ1) is 7.88. The first kappa shape index (κ1) is 13.7. The number of benzene rings is 1. The van der Waals surface area contributed by atoms with Gasteiger partial charge in [-0.2, -0.15) is 8.78 Å². The van der Waals surface area contributed by atoms with Crippen molar-refractivity contribution in [3.63, 3.8) is 0 Å². The van der Waals surface area contributed by atoms with Gasteiger partial charge >= 0.3 is 0 Å². The lowest BCUT2D eigenvalue weighted by Crippen LogP contribution is -2.26. The van der Waals surface area contributed by atoms with Gasteiger partial charge in [0.2, 0.25) is 0 Å². The third-order valence-electron chi connectivity index (χ3n) is 2.87. The van der Waals surface area contributed by atoms with Crippen LogP contribution in [0.25, 0.3) is 0 Å². The molecule has 2 N–H and O–H groups in total. The number of halogens is 2. The van der Waals surface area contributed by atoms with E-state index in [2.05, 4.69) is 0 Å². The number of ether oxygens (including phenoxy) is 2. The van der Waals surface area contributed by atoms with Crippen molar-refractivity contribution in [1.29, 1.82) is 0 Å². The Kier molecular flexibility index (Phi) is 3.93. The molecular weight excluding hydrogens is 228 g/mol. The second kappa shape index (κ2) is 4.87. The van der Waals surface area contributed by atoms with E-state index in [9.17, 15) is 8.78 Å². The molecule has 96 valence electrons. The minimum absolute atomic E-state index is 0.166. The number of methoxy groups -OCH3 is 2. The van der Waals surface area contributed by atoms with E-state index in [1.165, 1.54) is 20.3 Å². The lowest BCUT2D eigenvalue weighted by molar-refractivity contribution is 0.00337. The van der Waals surface area contributed by atoms with Crippen LogP contribution in [0.1, 0.15) is 16.7 Å². The van der Waals surface area contributed by atoms with Crippen molar-refractivity contribution >= 4 is 0 Å². The van der Waals surface area contributed by atoms with E-state index in [1.54, 1.807) is 13.8 Å².